The van der Waals surface area contributed by atoms with E-state index in [9.17, 15) is 9.59 Å². The number of fused-ring (bicyclic) bond motifs is 2. The minimum absolute atomic E-state index is 0.0247. The highest BCUT2D eigenvalue weighted by Crippen LogP contribution is 2.46. The molecular formula is C28H37N3O5. The van der Waals surface area contributed by atoms with Crippen LogP contribution < -0.4 is 9.47 Å². The SMILES string of the molecule is CCN1C(=O)N2Cc3cc(OC)cc(OC)c3[C@@H](C)C=C2C1(C)CCN(C)C(=O)c1cc(C)oc1C. The van der Waals surface area contributed by atoms with Crippen molar-refractivity contribution < 1.29 is 23.5 Å². The van der Waals surface area contributed by atoms with E-state index in [2.05, 4.69) is 19.9 Å². The summed E-state index contributed by atoms with van der Waals surface area (Å²) in [5, 5.41) is 0. The van der Waals surface area contributed by atoms with Crippen LogP contribution in [0.5, 0.6) is 11.5 Å². The first-order chi connectivity index (χ1) is 17.0. The minimum Gasteiger partial charge on any atom is -0.497 e. The molecule has 0 aliphatic carbocycles. The Hall–Kier alpha value is -3.42. The fourth-order valence-corrected chi connectivity index (χ4v) is 5.68. The number of likely N-dealkylation sites (N-methyl/N-ethyl adjacent to an activating group) is 1. The number of hydrogen-bond donors (Lipinski definition) is 0. The quantitative estimate of drug-likeness (QED) is 0.535. The number of benzene rings is 1. The summed E-state index contributed by atoms with van der Waals surface area (Å²) < 4.78 is 16.8. The second kappa shape index (κ2) is 9.56. The first kappa shape index (κ1) is 25.7. The molecule has 3 amide bonds. The van der Waals surface area contributed by atoms with E-state index < -0.39 is 5.54 Å². The standard InChI is InChI=1S/C28H37N3O5/c1-9-31-27(33)30-16-20-14-21(34-7)15-23(35-8)25(20)17(2)12-24(30)28(31,5)10-11-29(6)26(32)22-13-18(3)36-19(22)4/h12-15,17H,9-11,16H2,1-8H3/t17-,28?/m0/s1. The van der Waals surface area contributed by atoms with Crippen molar-refractivity contribution >= 4 is 11.9 Å². The average molecular weight is 496 g/mol. The molecule has 1 aromatic carbocycles. The molecule has 0 radical (unpaired) electrons. The van der Waals surface area contributed by atoms with E-state index in [4.69, 9.17) is 13.9 Å². The second-order valence-corrected chi connectivity index (χ2v) is 9.93. The summed E-state index contributed by atoms with van der Waals surface area (Å²) in [6, 6.07) is 5.64. The summed E-state index contributed by atoms with van der Waals surface area (Å²) in [6.07, 6.45) is 2.79. The van der Waals surface area contributed by atoms with Crippen molar-refractivity contribution in [3.8, 4) is 11.5 Å². The number of methoxy groups -OCH3 is 2. The van der Waals surface area contributed by atoms with Gasteiger partial charge in [-0.15, -0.1) is 0 Å². The molecule has 4 rings (SSSR count). The molecule has 2 aromatic rings. The van der Waals surface area contributed by atoms with Crippen molar-refractivity contribution in [1.82, 2.24) is 14.7 Å². The number of amides is 3. The molecule has 8 heteroatoms. The van der Waals surface area contributed by atoms with Gasteiger partial charge < -0.3 is 23.7 Å². The summed E-state index contributed by atoms with van der Waals surface area (Å²) in [7, 11) is 5.09. The van der Waals surface area contributed by atoms with Gasteiger partial charge in [-0.1, -0.05) is 13.0 Å². The van der Waals surface area contributed by atoms with E-state index in [1.54, 1.807) is 39.2 Å². The largest absolute Gasteiger partial charge is 0.497 e. The third kappa shape index (κ3) is 4.12. The molecule has 1 saturated heterocycles. The number of allylic oxidation sites excluding steroid dienone is 1. The molecule has 1 aromatic heterocycles. The Balaban J connectivity index is 1.66. The molecule has 1 fully saturated rings. The number of furan rings is 1. The third-order valence-electron chi connectivity index (χ3n) is 7.62. The molecule has 2 aliphatic heterocycles. The predicted octanol–water partition coefficient (Wildman–Crippen LogP) is 5.09. The molecule has 0 spiro atoms. The summed E-state index contributed by atoms with van der Waals surface area (Å²) >= 11 is 0. The topological polar surface area (TPSA) is 75.5 Å². The smallest absolute Gasteiger partial charge is 0.325 e. The highest BCUT2D eigenvalue weighted by molar-refractivity contribution is 5.95. The lowest BCUT2D eigenvalue weighted by atomic mass is 9.88. The van der Waals surface area contributed by atoms with Crippen LogP contribution in [0.25, 0.3) is 0 Å². The Bertz CT molecular complexity index is 1220. The monoisotopic (exact) mass is 495 g/mol. The maximum Gasteiger partial charge on any atom is 0.325 e. The third-order valence-corrected chi connectivity index (χ3v) is 7.62. The molecule has 194 valence electrons. The molecule has 0 N–H and O–H groups in total. The Labute approximate surface area is 213 Å². The fraction of sp³-hybridized carbons (Fsp3) is 0.500. The zero-order chi connectivity index (χ0) is 26.4. The fourth-order valence-electron chi connectivity index (χ4n) is 5.68. The Morgan fingerprint density at radius 3 is 2.53 bits per heavy atom. The molecule has 2 atom stereocenters. The number of ether oxygens (including phenoxy) is 2. The second-order valence-electron chi connectivity index (χ2n) is 9.93. The zero-order valence-corrected chi connectivity index (χ0v) is 22.6. The van der Waals surface area contributed by atoms with Crippen LogP contribution in [0.15, 0.2) is 34.4 Å². The van der Waals surface area contributed by atoms with Gasteiger partial charge in [0.05, 0.1) is 31.9 Å². The number of carbonyl (C=O) groups is 2. The van der Waals surface area contributed by atoms with E-state index in [-0.39, 0.29) is 17.9 Å². The summed E-state index contributed by atoms with van der Waals surface area (Å²) in [5.41, 5.74) is 3.06. The molecule has 8 nitrogen and oxygen atoms in total. The lowest BCUT2D eigenvalue weighted by Crippen LogP contribution is -2.46. The van der Waals surface area contributed by atoms with Gasteiger partial charge >= 0.3 is 6.03 Å². The van der Waals surface area contributed by atoms with Gasteiger partial charge in [0.2, 0.25) is 0 Å². The van der Waals surface area contributed by atoms with Crippen LogP contribution in [-0.2, 0) is 6.54 Å². The van der Waals surface area contributed by atoms with E-state index >= 15 is 0 Å². The van der Waals surface area contributed by atoms with E-state index in [0.717, 1.165) is 28.3 Å². The Kier molecular flexibility index (Phi) is 6.82. The molecule has 0 bridgehead atoms. The first-order valence-electron chi connectivity index (χ1n) is 12.4. The lowest BCUT2D eigenvalue weighted by Gasteiger charge is -2.35. The van der Waals surface area contributed by atoms with Crippen LogP contribution in [0.2, 0.25) is 0 Å². The van der Waals surface area contributed by atoms with Gasteiger partial charge in [0, 0.05) is 43.4 Å². The number of urea groups is 1. The molecule has 36 heavy (non-hydrogen) atoms. The van der Waals surface area contributed by atoms with Crippen molar-refractivity contribution in [2.24, 2.45) is 0 Å². The molecule has 0 saturated carbocycles. The van der Waals surface area contributed by atoms with Gasteiger partial charge in [0.1, 0.15) is 23.0 Å². The maximum absolute atomic E-state index is 13.7. The van der Waals surface area contributed by atoms with Crippen molar-refractivity contribution in [3.63, 3.8) is 0 Å². The summed E-state index contributed by atoms with van der Waals surface area (Å²) in [6.45, 7) is 11.4. The van der Waals surface area contributed by atoms with Crippen LogP contribution in [0.3, 0.4) is 0 Å². The molecule has 2 aliphatic rings. The van der Waals surface area contributed by atoms with Gasteiger partial charge in [-0.25, -0.2) is 4.79 Å². The van der Waals surface area contributed by atoms with Crippen LogP contribution in [0.4, 0.5) is 4.79 Å². The van der Waals surface area contributed by atoms with Gasteiger partial charge in [0.25, 0.3) is 5.91 Å². The summed E-state index contributed by atoms with van der Waals surface area (Å²) in [4.78, 5) is 32.3. The Morgan fingerprint density at radius 2 is 1.94 bits per heavy atom. The number of aryl methyl sites for hydroxylation is 2. The van der Waals surface area contributed by atoms with Crippen molar-refractivity contribution in [2.45, 2.75) is 59.0 Å². The number of hydrogen-bond acceptors (Lipinski definition) is 5. The molecule has 1 unspecified atom stereocenters. The zero-order valence-electron chi connectivity index (χ0n) is 22.6. The molecular weight excluding hydrogens is 458 g/mol. The summed E-state index contributed by atoms with van der Waals surface area (Å²) in [5.74, 6) is 2.75. The highest BCUT2D eigenvalue weighted by Gasteiger charge is 2.51. The van der Waals surface area contributed by atoms with Gasteiger partial charge in [0.15, 0.2) is 0 Å². The van der Waals surface area contributed by atoms with Crippen LogP contribution in [0.1, 0.15) is 66.1 Å². The lowest BCUT2D eigenvalue weighted by molar-refractivity contribution is 0.0771. The van der Waals surface area contributed by atoms with Gasteiger partial charge in [-0.2, -0.15) is 0 Å². The van der Waals surface area contributed by atoms with E-state index in [1.807, 2.05) is 35.8 Å². The molecule has 3 heterocycles. The number of rotatable bonds is 7. The van der Waals surface area contributed by atoms with Crippen molar-refractivity contribution in [2.75, 3.05) is 34.4 Å². The van der Waals surface area contributed by atoms with Crippen molar-refractivity contribution in [1.29, 1.82) is 0 Å². The average Bonchev–Trinajstić information content (AvgIpc) is 3.22. The van der Waals surface area contributed by atoms with Crippen LogP contribution in [0, 0.1) is 13.8 Å². The van der Waals surface area contributed by atoms with E-state index in [0.29, 0.717) is 43.1 Å². The highest BCUT2D eigenvalue weighted by atomic mass is 16.5. The first-order valence-corrected chi connectivity index (χ1v) is 12.4. The van der Waals surface area contributed by atoms with Crippen LogP contribution >= 0.6 is 0 Å². The Morgan fingerprint density at radius 1 is 1.22 bits per heavy atom. The minimum atomic E-state index is -0.560. The number of carbonyl (C=O) groups excluding carboxylic acids is 2. The normalized spacial score (nSPS) is 21.1. The van der Waals surface area contributed by atoms with Gasteiger partial charge in [-0.05, 0) is 51.8 Å². The maximum atomic E-state index is 13.7. The van der Waals surface area contributed by atoms with Crippen LogP contribution in [-0.4, -0.2) is 66.5 Å². The van der Waals surface area contributed by atoms with E-state index in [1.165, 1.54) is 0 Å². The van der Waals surface area contributed by atoms with Crippen molar-refractivity contribution in [3.05, 3.63) is 58.2 Å². The number of nitrogens with zero attached hydrogens (tertiary/aromatic N) is 3. The predicted molar refractivity (Wildman–Crippen MR) is 138 cm³/mol. The van der Waals surface area contributed by atoms with Gasteiger partial charge in [-0.3, -0.25) is 9.69 Å².